The molecule has 0 saturated heterocycles. The Hall–Kier alpha value is -0.980. The smallest absolute Gasteiger partial charge is 0.242 e. The molecular weight excluding hydrogens is 262 g/mol. The highest BCUT2D eigenvalue weighted by Gasteiger charge is 2.32. The fourth-order valence-electron chi connectivity index (χ4n) is 2.63. The summed E-state index contributed by atoms with van der Waals surface area (Å²) in [5.41, 5.74) is 5.62. The third kappa shape index (κ3) is 3.32. The molecule has 0 radical (unpaired) electrons. The van der Waals surface area contributed by atoms with E-state index < -0.39 is 10.0 Å². The van der Waals surface area contributed by atoms with Crippen molar-refractivity contribution < 1.29 is 8.42 Å². The van der Waals surface area contributed by atoms with Gasteiger partial charge in [-0.2, -0.15) is 0 Å². The largest absolute Gasteiger partial charge is 0.325 e. The molecule has 1 aliphatic rings. The lowest BCUT2D eigenvalue weighted by Crippen LogP contribution is -2.47. The number of nitrogens with two attached hydrogens (primary N) is 1. The van der Waals surface area contributed by atoms with Crippen LogP contribution >= 0.6 is 0 Å². The van der Waals surface area contributed by atoms with Gasteiger partial charge in [0.1, 0.15) is 4.90 Å². The lowest BCUT2D eigenvalue weighted by Gasteiger charge is -2.34. The molecule has 6 heteroatoms. The summed E-state index contributed by atoms with van der Waals surface area (Å²) in [4.78, 5) is 4.23. The molecule has 0 atom stereocenters. The second-order valence-electron chi connectivity index (χ2n) is 5.38. The monoisotopic (exact) mass is 283 g/mol. The van der Waals surface area contributed by atoms with E-state index in [1.54, 1.807) is 18.3 Å². The predicted octanol–water partition coefficient (Wildman–Crippen LogP) is 1.54. The molecule has 0 aliphatic heterocycles. The van der Waals surface area contributed by atoms with Gasteiger partial charge in [0, 0.05) is 18.3 Å². The van der Waals surface area contributed by atoms with E-state index in [-0.39, 0.29) is 17.0 Å². The number of hydrogen-bond donors (Lipinski definition) is 2. The van der Waals surface area contributed by atoms with Crippen molar-refractivity contribution in [2.75, 3.05) is 0 Å². The number of rotatable bonds is 4. The Balaban J connectivity index is 2.27. The lowest BCUT2D eigenvalue weighted by atomic mass is 9.84. The molecule has 0 unspecified atom stereocenters. The van der Waals surface area contributed by atoms with Gasteiger partial charge in [0.25, 0.3) is 0 Å². The Bertz CT molecular complexity index is 537. The van der Waals surface area contributed by atoms with Gasteiger partial charge in [0.05, 0.1) is 5.69 Å². The zero-order valence-corrected chi connectivity index (χ0v) is 12.0. The Morgan fingerprint density at radius 3 is 2.68 bits per heavy atom. The van der Waals surface area contributed by atoms with Crippen molar-refractivity contribution in [3.63, 3.8) is 0 Å². The Morgan fingerprint density at radius 2 is 2.05 bits per heavy atom. The average Bonchev–Trinajstić information content (AvgIpc) is 2.38. The van der Waals surface area contributed by atoms with E-state index in [0.29, 0.717) is 5.69 Å². The topological polar surface area (TPSA) is 85.1 Å². The van der Waals surface area contributed by atoms with E-state index in [2.05, 4.69) is 9.71 Å². The van der Waals surface area contributed by atoms with Gasteiger partial charge < -0.3 is 5.73 Å². The van der Waals surface area contributed by atoms with Gasteiger partial charge in [-0.3, -0.25) is 4.98 Å². The molecule has 1 fully saturated rings. The summed E-state index contributed by atoms with van der Waals surface area (Å²) < 4.78 is 27.8. The van der Waals surface area contributed by atoms with Gasteiger partial charge in [-0.1, -0.05) is 19.3 Å². The fourth-order valence-corrected chi connectivity index (χ4v) is 4.30. The second kappa shape index (κ2) is 5.56. The van der Waals surface area contributed by atoms with E-state index in [0.717, 1.165) is 25.7 Å². The Morgan fingerprint density at radius 1 is 1.37 bits per heavy atom. The minimum absolute atomic E-state index is 0.119. The Kier molecular flexibility index (Phi) is 4.23. The summed E-state index contributed by atoms with van der Waals surface area (Å²) in [6, 6.07) is 3.18. The first-order valence-electron chi connectivity index (χ1n) is 6.65. The maximum absolute atomic E-state index is 12.5. The van der Waals surface area contributed by atoms with Gasteiger partial charge in [0.15, 0.2) is 0 Å². The van der Waals surface area contributed by atoms with Crippen LogP contribution in [0.25, 0.3) is 0 Å². The second-order valence-corrected chi connectivity index (χ2v) is 7.03. The minimum Gasteiger partial charge on any atom is -0.325 e. The summed E-state index contributed by atoms with van der Waals surface area (Å²) in [7, 11) is -3.55. The average molecular weight is 283 g/mol. The summed E-state index contributed by atoms with van der Waals surface area (Å²) in [6.07, 6.45) is 6.63. The van der Waals surface area contributed by atoms with E-state index in [1.807, 2.05) is 6.92 Å². The first-order valence-corrected chi connectivity index (χ1v) is 8.13. The van der Waals surface area contributed by atoms with Crippen LogP contribution in [0.15, 0.2) is 23.2 Å². The number of pyridine rings is 1. The molecular formula is C13H21N3O2S. The molecule has 0 spiro atoms. The van der Waals surface area contributed by atoms with E-state index >= 15 is 0 Å². The minimum atomic E-state index is -3.55. The number of nitrogens with zero attached hydrogens (tertiary/aromatic N) is 1. The third-order valence-electron chi connectivity index (χ3n) is 3.67. The van der Waals surface area contributed by atoms with Crippen LogP contribution in [0.1, 0.15) is 44.7 Å². The molecule has 19 heavy (non-hydrogen) atoms. The molecule has 1 heterocycles. The van der Waals surface area contributed by atoms with Gasteiger partial charge in [-0.05, 0) is 31.9 Å². The predicted molar refractivity (Wildman–Crippen MR) is 73.9 cm³/mol. The van der Waals surface area contributed by atoms with Crippen molar-refractivity contribution in [2.24, 2.45) is 5.73 Å². The van der Waals surface area contributed by atoms with Crippen LogP contribution in [-0.2, 0) is 16.6 Å². The highest BCUT2D eigenvalue weighted by Crippen LogP contribution is 2.29. The van der Waals surface area contributed by atoms with Crippen molar-refractivity contribution in [3.8, 4) is 0 Å². The first-order chi connectivity index (χ1) is 8.97. The first kappa shape index (κ1) is 14.4. The zero-order chi connectivity index (χ0) is 13.9. The molecule has 1 saturated carbocycles. The molecule has 1 aliphatic carbocycles. The third-order valence-corrected chi connectivity index (χ3v) is 5.38. The molecule has 0 aromatic carbocycles. The molecule has 0 bridgehead atoms. The molecule has 5 nitrogen and oxygen atoms in total. The summed E-state index contributed by atoms with van der Waals surface area (Å²) in [5.74, 6) is 0. The molecule has 1 aromatic heterocycles. The highest BCUT2D eigenvalue weighted by molar-refractivity contribution is 7.89. The van der Waals surface area contributed by atoms with Crippen molar-refractivity contribution in [1.29, 1.82) is 0 Å². The molecule has 0 amide bonds. The Labute approximate surface area is 114 Å². The van der Waals surface area contributed by atoms with Gasteiger partial charge in [0.2, 0.25) is 10.0 Å². The summed E-state index contributed by atoms with van der Waals surface area (Å²) in [6.45, 7) is 2.09. The molecule has 3 N–H and O–H groups in total. The van der Waals surface area contributed by atoms with Crippen molar-refractivity contribution in [3.05, 3.63) is 24.0 Å². The maximum Gasteiger partial charge on any atom is 0.242 e. The molecule has 2 rings (SSSR count). The standard InChI is InChI=1S/C13H21N3O2S/c1-13(7-3-2-4-8-13)16-19(17,18)12-6-5-9-15-11(12)10-14/h5-6,9,16H,2-4,7-8,10,14H2,1H3. The van der Waals surface area contributed by atoms with Crippen LogP contribution in [0.5, 0.6) is 0 Å². The normalized spacial score (nSPS) is 19.3. The van der Waals surface area contributed by atoms with Crippen molar-refractivity contribution in [2.45, 2.75) is 56.0 Å². The summed E-state index contributed by atoms with van der Waals surface area (Å²) >= 11 is 0. The maximum atomic E-state index is 12.5. The number of nitrogens with one attached hydrogen (secondary N) is 1. The van der Waals surface area contributed by atoms with Gasteiger partial charge >= 0.3 is 0 Å². The highest BCUT2D eigenvalue weighted by atomic mass is 32.2. The van der Waals surface area contributed by atoms with Crippen LogP contribution in [0, 0.1) is 0 Å². The van der Waals surface area contributed by atoms with Crippen molar-refractivity contribution >= 4 is 10.0 Å². The number of hydrogen-bond acceptors (Lipinski definition) is 4. The summed E-state index contributed by atoms with van der Waals surface area (Å²) in [5, 5.41) is 0. The number of aromatic nitrogens is 1. The van der Waals surface area contributed by atoms with E-state index in [9.17, 15) is 8.42 Å². The van der Waals surface area contributed by atoms with Gasteiger partial charge in [-0.25, -0.2) is 13.1 Å². The molecule has 106 valence electrons. The van der Waals surface area contributed by atoms with E-state index in [4.69, 9.17) is 5.73 Å². The van der Waals surface area contributed by atoms with Crippen LogP contribution < -0.4 is 10.5 Å². The quantitative estimate of drug-likeness (QED) is 0.877. The molecule has 1 aromatic rings. The fraction of sp³-hybridized carbons (Fsp3) is 0.615. The van der Waals surface area contributed by atoms with Crippen LogP contribution in [0.3, 0.4) is 0 Å². The number of sulfonamides is 1. The lowest BCUT2D eigenvalue weighted by molar-refractivity contribution is 0.294. The van der Waals surface area contributed by atoms with Gasteiger partial charge in [-0.15, -0.1) is 0 Å². The van der Waals surface area contributed by atoms with Crippen molar-refractivity contribution in [1.82, 2.24) is 9.71 Å². The van der Waals surface area contributed by atoms with Crippen LogP contribution in [-0.4, -0.2) is 18.9 Å². The van der Waals surface area contributed by atoms with Crippen LogP contribution in [0.2, 0.25) is 0 Å². The van der Waals surface area contributed by atoms with E-state index in [1.165, 1.54) is 6.42 Å². The SMILES string of the molecule is CC1(NS(=O)(=O)c2cccnc2CN)CCCCC1. The van der Waals surface area contributed by atoms with Crippen LogP contribution in [0.4, 0.5) is 0 Å². The zero-order valence-electron chi connectivity index (χ0n) is 11.2.